The van der Waals surface area contributed by atoms with Gasteiger partial charge in [0, 0.05) is 6.04 Å². The first-order chi connectivity index (χ1) is 8.77. The maximum absolute atomic E-state index is 12.6. The second kappa shape index (κ2) is 7.07. The van der Waals surface area contributed by atoms with Crippen molar-refractivity contribution in [3.05, 3.63) is 0 Å². The van der Waals surface area contributed by atoms with Crippen molar-refractivity contribution in [2.45, 2.75) is 77.5 Å². The molecular weight excluding hydrogens is 258 g/mol. The molecule has 4 heteroatoms. The van der Waals surface area contributed by atoms with Crippen molar-refractivity contribution in [1.29, 1.82) is 0 Å². The van der Waals surface area contributed by atoms with Crippen molar-refractivity contribution in [3.8, 4) is 0 Å². The van der Waals surface area contributed by atoms with E-state index in [2.05, 4.69) is 33.0 Å². The molecule has 0 heterocycles. The minimum absolute atomic E-state index is 0.0170. The molecule has 0 aromatic rings. The monoisotopic (exact) mass is 289 g/mol. The van der Waals surface area contributed by atoms with Gasteiger partial charge in [0.25, 0.3) is 0 Å². The van der Waals surface area contributed by atoms with Crippen LogP contribution in [0.4, 0.5) is 0 Å². The van der Waals surface area contributed by atoms with Crippen molar-refractivity contribution in [1.82, 2.24) is 5.32 Å². The Kier molecular flexibility index (Phi) is 6.31. The number of hydrogen-bond donors (Lipinski definition) is 1. The van der Waals surface area contributed by atoms with Gasteiger partial charge in [0.15, 0.2) is 9.84 Å². The maximum atomic E-state index is 12.6. The average Bonchev–Trinajstić information content (AvgIpc) is 2.34. The molecule has 0 radical (unpaired) electrons. The summed E-state index contributed by atoms with van der Waals surface area (Å²) in [6, 6.07) is 0.0550. The van der Waals surface area contributed by atoms with E-state index < -0.39 is 9.84 Å². The molecule has 1 unspecified atom stereocenters. The van der Waals surface area contributed by atoms with Crippen LogP contribution in [0.5, 0.6) is 0 Å². The first-order valence-corrected chi connectivity index (χ1v) is 9.44. The fourth-order valence-electron chi connectivity index (χ4n) is 2.73. The molecule has 19 heavy (non-hydrogen) atoms. The minimum atomic E-state index is -2.96. The van der Waals surface area contributed by atoms with Crippen molar-refractivity contribution in [2.24, 2.45) is 5.41 Å². The summed E-state index contributed by atoms with van der Waals surface area (Å²) < 4.78 is 25.1. The highest BCUT2D eigenvalue weighted by molar-refractivity contribution is 7.92. The molecule has 0 saturated heterocycles. The molecule has 3 nitrogen and oxygen atoms in total. The standard InChI is InChI=1S/C15H31NO2S/c1-5-11-16-14(15(2,3)4)12-19(17,18)13-9-7-6-8-10-13/h13-14,16H,5-12H2,1-4H3. The van der Waals surface area contributed by atoms with Gasteiger partial charge in [-0.25, -0.2) is 8.42 Å². The van der Waals surface area contributed by atoms with Gasteiger partial charge in [-0.15, -0.1) is 0 Å². The molecule has 0 aromatic carbocycles. The summed E-state index contributed by atoms with van der Waals surface area (Å²) in [5, 5.41) is 3.34. The summed E-state index contributed by atoms with van der Waals surface area (Å²) in [6.07, 6.45) is 6.12. The maximum Gasteiger partial charge on any atom is 0.154 e. The lowest BCUT2D eigenvalue weighted by Crippen LogP contribution is -2.47. The van der Waals surface area contributed by atoms with Crippen LogP contribution in [-0.4, -0.2) is 32.0 Å². The Balaban J connectivity index is 2.70. The fourth-order valence-corrected chi connectivity index (χ4v) is 5.13. The van der Waals surface area contributed by atoms with E-state index in [1.807, 2.05) is 0 Å². The molecule has 1 N–H and O–H groups in total. The van der Waals surface area contributed by atoms with E-state index in [1.54, 1.807) is 0 Å². The van der Waals surface area contributed by atoms with Crippen molar-refractivity contribution in [3.63, 3.8) is 0 Å². The van der Waals surface area contributed by atoms with Crippen LogP contribution in [-0.2, 0) is 9.84 Å². The van der Waals surface area contributed by atoms with Gasteiger partial charge in [0.1, 0.15) is 0 Å². The summed E-state index contributed by atoms with van der Waals surface area (Å²) >= 11 is 0. The Labute approximate surface area is 119 Å². The largest absolute Gasteiger partial charge is 0.312 e. The Morgan fingerprint density at radius 1 is 1.16 bits per heavy atom. The third-order valence-corrected chi connectivity index (χ3v) is 6.43. The first-order valence-electron chi connectivity index (χ1n) is 7.72. The molecule has 0 aromatic heterocycles. The number of rotatable bonds is 6. The molecule has 1 atom stereocenters. The van der Waals surface area contributed by atoms with E-state index >= 15 is 0 Å². The summed E-state index contributed by atoms with van der Waals surface area (Å²) in [4.78, 5) is 0. The van der Waals surface area contributed by atoms with Crippen molar-refractivity contribution in [2.75, 3.05) is 12.3 Å². The predicted molar refractivity (Wildman–Crippen MR) is 82.2 cm³/mol. The Morgan fingerprint density at radius 2 is 1.74 bits per heavy atom. The van der Waals surface area contributed by atoms with E-state index in [0.29, 0.717) is 5.75 Å². The van der Waals surface area contributed by atoms with Gasteiger partial charge in [-0.1, -0.05) is 47.0 Å². The van der Waals surface area contributed by atoms with Gasteiger partial charge in [0.05, 0.1) is 11.0 Å². The van der Waals surface area contributed by atoms with Gasteiger partial charge in [-0.3, -0.25) is 0 Å². The molecule has 1 rings (SSSR count). The van der Waals surface area contributed by atoms with Gasteiger partial charge in [0.2, 0.25) is 0 Å². The molecule has 1 saturated carbocycles. The Bertz CT molecular complexity index is 351. The molecular formula is C15H31NO2S. The lowest BCUT2D eigenvalue weighted by atomic mass is 9.88. The third kappa shape index (κ3) is 5.42. The smallest absolute Gasteiger partial charge is 0.154 e. The molecule has 0 spiro atoms. The summed E-state index contributed by atoms with van der Waals surface area (Å²) in [5.74, 6) is 0.293. The number of sulfone groups is 1. The first kappa shape index (κ1) is 17.0. The molecule has 0 bridgehead atoms. The minimum Gasteiger partial charge on any atom is -0.312 e. The molecule has 0 amide bonds. The number of nitrogens with one attached hydrogen (secondary N) is 1. The Hall–Kier alpha value is -0.0900. The average molecular weight is 289 g/mol. The van der Waals surface area contributed by atoms with Crippen LogP contribution in [0.1, 0.15) is 66.2 Å². The van der Waals surface area contributed by atoms with Gasteiger partial charge in [-0.2, -0.15) is 0 Å². The SMILES string of the molecule is CCCNC(CS(=O)(=O)C1CCCCC1)C(C)(C)C. The lowest BCUT2D eigenvalue weighted by molar-refractivity contribution is 0.287. The van der Waals surface area contributed by atoms with Crippen molar-refractivity contribution < 1.29 is 8.42 Å². The van der Waals surface area contributed by atoms with Crippen molar-refractivity contribution >= 4 is 9.84 Å². The highest BCUT2D eigenvalue weighted by Crippen LogP contribution is 2.27. The fraction of sp³-hybridized carbons (Fsp3) is 1.00. The highest BCUT2D eigenvalue weighted by Gasteiger charge is 2.34. The Morgan fingerprint density at radius 3 is 2.21 bits per heavy atom. The van der Waals surface area contributed by atoms with Crippen LogP contribution in [0.15, 0.2) is 0 Å². The van der Waals surface area contributed by atoms with E-state index in [0.717, 1.165) is 38.6 Å². The second-order valence-electron chi connectivity index (χ2n) is 6.96. The quantitative estimate of drug-likeness (QED) is 0.817. The van der Waals surface area contributed by atoms with E-state index in [1.165, 1.54) is 6.42 Å². The summed E-state index contributed by atoms with van der Waals surface area (Å²) in [7, 11) is -2.96. The van der Waals surface area contributed by atoms with Crippen LogP contribution < -0.4 is 5.32 Å². The zero-order valence-electron chi connectivity index (χ0n) is 13.0. The molecule has 114 valence electrons. The molecule has 1 aliphatic carbocycles. The predicted octanol–water partition coefficient (Wildman–Crippen LogP) is 3.15. The van der Waals surface area contributed by atoms with Crippen LogP contribution in [0.25, 0.3) is 0 Å². The van der Waals surface area contributed by atoms with E-state index in [9.17, 15) is 8.42 Å². The number of hydrogen-bond acceptors (Lipinski definition) is 3. The summed E-state index contributed by atoms with van der Waals surface area (Å²) in [6.45, 7) is 9.37. The van der Waals surface area contributed by atoms with Crippen LogP contribution in [0.3, 0.4) is 0 Å². The van der Waals surface area contributed by atoms with Crippen LogP contribution in [0.2, 0.25) is 0 Å². The van der Waals surface area contributed by atoms with Crippen LogP contribution in [0, 0.1) is 5.41 Å². The second-order valence-corrected chi connectivity index (χ2v) is 9.29. The highest BCUT2D eigenvalue weighted by atomic mass is 32.2. The van der Waals surface area contributed by atoms with Gasteiger partial charge < -0.3 is 5.32 Å². The zero-order valence-corrected chi connectivity index (χ0v) is 13.9. The van der Waals surface area contributed by atoms with Crippen LogP contribution >= 0.6 is 0 Å². The topological polar surface area (TPSA) is 46.2 Å². The van der Waals surface area contributed by atoms with E-state index in [4.69, 9.17) is 0 Å². The lowest BCUT2D eigenvalue weighted by Gasteiger charge is -2.33. The van der Waals surface area contributed by atoms with Gasteiger partial charge >= 0.3 is 0 Å². The molecule has 1 fully saturated rings. The molecule has 1 aliphatic rings. The molecule has 0 aliphatic heterocycles. The van der Waals surface area contributed by atoms with E-state index in [-0.39, 0.29) is 16.7 Å². The third-order valence-electron chi connectivity index (χ3n) is 4.15. The normalized spacial score (nSPS) is 20.4. The summed E-state index contributed by atoms with van der Waals surface area (Å²) in [5.41, 5.74) is -0.0170. The van der Waals surface area contributed by atoms with Gasteiger partial charge in [-0.05, 0) is 31.2 Å². The zero-order chi connectivity index (χ0) is 14.5.